The summed E-state index contributed by atoms with van der Waals surface area (Å²) >= 11 is 5.95. The van der Waals surface area contributed by atoms with Crippen molar-refractivity contribution in [2.45, 2.75) is 56.6 Å². The molecule has 1 N–H and O–H groups in total. The van der Waals surface area contributed by atoms with Crippen molar-refractivity contribution in [2.75, 3.05) is 26.2 Å². The van der Waals surface area contributed by atoms with E-state index in [1.807, 2.05) is 0 Å². The number of carbonyl (C=O) groups is 1. The van der Waals surface area contributed by atoms with Crippen molar-refractivity contribution in [3.05, 3.63) is 52.9 Å². The molecule has 1 aromatic carbocycles. The fourth-order valence-electron chi connectivity index (χ4n) is 3.09. The lowest BCUT2D eigenvalue weighted by molar-refractivity contribution is 0.0922. The molecular formula is C23H33ClN2O3S. The van der Waals surface area contributed by atoms with Gasteiger partial charge in [-0.2, -0.15) is 0 Å². The molecule has 0 aliphatic carbocycles. The van der Waals surface area contributed by atoms with Crippen LogP contribution in [0, 0.1) is 0 Å². The van der Waals surface area contributed by atoms with Crippen molar-refractivity contribution in [3.63, 3.8) is 0 Å². The standard InChI is InChI=1S/C23H33ClN2O3S/c1-3-5-14-26(15-6-4-2)16-8-13-25-23(27)22-12-11-20(29-22)18-30(28)21-10-7-9-19(24)17-21/h7,9-12,17H,3-6,8,13-16,18H2,1-2H3,(H,25,27). The van der Waals surface area contributed by atoms with Gasteiger partial charge >= 0.3 is 0 Å². The molecule has 0 aliphatic heterocycles. The lowest BCUT2D eigenvalue weighted by Gasteiger charge is -2.21. The molecule has 2 aromatic rings. The lowest BCUT2D eigenvalue weighted by Crippen LogP contribution is -2.31. The Morgan fingerprint density at radius 1 is 1.07 bits per heavy atom. The number of halogens is 1. The van der Waals surface area contributed by atoms with Gasteiger partial charge in [0.15, 0.2) is 5.76 Å². The molecule has 1 aromatic heterocycles. The van der Waals surface area contributed by atoms with Crippen LogP contribution in [0.2, 0.25) is 5.02 Å². The monoisotopic (exact) mass is 452 g/mol. The predicted octanol–water partition coefficient (Wildman–Crippen LogP) is 5.26. The van der Waals surface area contributed by atoms with E-state index in [-0.39, 0.29) is 17.4 Å². The van der Waals surface area contributed by atoms with Gasteiger partial charge in [0.2, 0.25) is 0 Å². The number of hydrogen-bond acceptors (Lipinski definition) is 4. The van der Waals surface area contributed by atoms with Crippen LogP contribution in [0.15, 0.2) is 45.7 Å². The second-order valence-corrected chi connectivity index (χ2v) is 9.26. The first-order valence-corrected chi connectivity index (χ1v) is 12.5. The molecule has 1 amide bonds. The maximum atomic E-state index is 12.5. The van der Waals surface area contributed by atoms with Crippen LogP contribution in [0.25, 0.3) is 0 Å². The molecule has 0 saturated carbocycles. The highest BCUT2D eigenvalue weighted by Gasteiger charge is 2.14. The molecule has 0 spiro atoms. The molecular weight excluding hydrogens is 420 g/mol. The second kappa shape index (κ2) is 13.6. The van der Waals surface area contributed by atoms with Crippen LogP contribution in [0.3, 0.4) is 0 Å². The Morgan fingerprint density at radius 3 is 2.43 bits per heavy atom. The molecule has 1 heterocycles. The fraction of sp³-hybridized carbons (Fsp3) is 0.522. The molecule has 166 valence electrons. The number of hydrogen-bond donors (Lipinski definition) is 1. The van der Waals surface area contributed by atoms with Crippen LogP contribution in [0.4, 0.5) is 0 Å². The highest BCUT2D eigenvalue weighted by atomic mass is 35.5. The summed E-state index contributed by atoms with van der Waals surface area (Å²) in [5.41, 5.74) is 0. The van der Waals surface area contributed by atoms with Crippen molar-refractivity contribution in [1.82, 2.24) is 10.2 Å². The number of benzene rings is 1. The summed E-state index contributed by atoms with van der Waals surface area (Å²) < 4.78 is 18.1. The second-order valence-electron chi connectivity index (χ2n) is 7.37. The molecule has 0 radical (unpaired) electrons. The van der Waals surface area contributed by atoms with Gasteiger partial charge in [0.25, 0.3) is 5.91 Å². The SMILES string of the molecule is CCCCN(CCCC)CCCNC(=O)c1ccc(CS(=O)c2cccc(Cl)c2)o1. The van der Waals surface area contributed by atoms with Gasteiger partial charge in [-0.1, -0.05) is 44.4 Å². The number of unbranched alkanes of at least 4 members (excludes halogenated alkanes) is 2. The first kappa shape index (κ1) is 24.6. The third-order valence-corrected chi connectivity index (χ3v) is 6.37. The van der Waals surface area contributed by atoms with Crippen molar-refractivity contribution in [3.8, 4) is 0 Å². The predicted molar refractivity (Wildman–Crippen MR) is 123 cm³/mol. The van der Waals surface area contributed by atoms with Crippen molar-refractivity contribution in [1.29, 1.82) is 0 Å². The Labute approximate surface area is 187 Å². The Morgan fingerprint density at radius 2 is 1.77 bits per heavy atom. The van der Waals surface area contributed by atoms with E-state index in [0.29, 0.717) is 22.2 Å². The summed E-state index contributed by atoms with van der Waals surface area (Å²) in [5.74, 6) is 0.742. The molecule has 2 rings (SSSR count). The van der Waals surface area contributed by atoms with E-state index in [9.17, 15) is 9.00 Å². The summed E-state index contributed by atoms with van der Waals surface area (Å²) in [6, 6.07) is 10.3. The average molecular weight is 453 g/mol. The smallest absolute Gasteiger partial charge is 0.286 e. The van der Waals surface area contributed by atoms with E-state index >= 15 is 0 Å². The summed E-state index contributed by atoms with van der Waals surface area (Å²) in [6.07, 6.45) is 5.72. The fourth-order valence-corrected chi connectivity index (χ4v) is 4.41. The highest BCUT2D eigenvalue weighted by Crippen LogP contribution is 2.18. The summed E-state index contributed by atoms with van der Waals surface area (Å²) in [4.78, 5) is 15.5. The van der Waals surface area contributed by atoms with E-state index < -0.39 is 10.8 Å². The first-order chi connectivity index (χ1) is 14.5. The molecule has 0 saturated heterocycles. The number of nitrogens with one attached hydrogen (secondary N) is 1. The zero-order chi connectivity index (χ0) is 21.8. The number of amides is 1. The zero-order valence-electron chi connectivity index (χ0n) is 18.0. The third kappa shape index (κ3) is 8.62. The normalized spacial score (nSPS) is 12.3. The van der Waals surface area contributed by atoms with Gasteiger partial charge in [-0.15, -0.1) is 0 Å². The largest absolute Gasteiger partial charge is 0.455 e. The third-order valence-electron chi connectivity index (χ3n) is 4.81. The van der Waals surface area contributed by atoms with Gasteiger partial charge in [-0.25, -0.2) is 0 Å². The van der Waals surface area contributed by atoms with E-state index in [2.05, 4.69) is 24.1 Å². The average Bonchev–Trinajstić information content (AvgIpc) is 3.21. The summed E-state index contributed by atoms with van der Waals surface area (Å²) in [7, 11) is -1.28. The summed E-state index contributed by atoms with van der Waals surface area (Å²) in [5, 5.41) is 3.46. The molecule has 1 unspecified atom stereocenters. The molecule has 0 fully saturated rings. The maximum Gasteiger partial charge on any atom is 0.286 e. The van der Waals surface area contributed by atoms with E-state index in [1.165, 1.54) is 25.7 Å². The Hall–Kier alpha value is -1.63. The zero-order valence-corrected chi connectivity index (χ0v) is 19.6. The van der Waals surface area contributed by atoms with Gasteiger partial charge in [0.1, 0.15) is 5.76 Å². The number of furan rings is 1. The van der Waals surface area contributed by atoms with Crippen LogP contribution in [-0.4, -0.2) is 41.2 Å². The number of rotatable bonds is 14. The van der Waals surface area contributed by atoms with Crippen LogP contribution in [0.1, 0.15) is 62.3 Å². The van der Waals surface area contributed by atoms with Gasteiger partial charge < -0.3 is 14.6 Å². The molecule has 0 aliphatic rings. The quantitative estimate of drug-likeness (QED) is 0.397. The van der Waals surface area contributed by atoms with Crippen LogP contribution in [0.5, 0.6) is 0 Å². The van der Waals surface area contributed by atoms with Crippen LogP contribution < -0.4 is 5.32 Å². The van der Waals surface area contributed by atoms with E-state index in [4.69, 9.17) is 16.0 Å². The molecule has 1 atom stereocenters. The van der Waals surface area contributed by atoms with Gasteiger partial charge in [-0.3, -0.25) is 9.00 Å². The minimum Gasteiger partial charge on any atom is -0.455 e. The topological polar surface area (TPSA) is 62.6 Å². The highest BCUT2D eigenvalue weighted by molar-refractivity contribution is 7.84. The Bertz CT molecular complexity index is 801. The van der Waals surface area contributed by atoms with Crippen molar-refractivity contribution in [2.24, 2.45) is 0 Å². The van der Waals surface area contributed by atoms with E-state index in [1.54, 1.807) is 36.4 Å². The minimum atomic E-state index is -1.28. The Kier molecular flexibility index (Phi) is 11.2. The van der Waals surface area contributed by atoms with Gasteiger partial charge in [-0.05, 0) is 69.2 Å². The number of carbonyl (C=O) groups excluding carboxylic acids is 1. The Balaban J connectivity index is 1.77. The van der Waals surface area contributed by atoms with Gasteiger partial charge in [0, 0.05) is 16.5 Å². The van der Waals surface area contributed by atoms with Gasteiger partial charge in [0.05, 0.1) is 16.6 Å². The molecule has 5 nitrogen and oxygen atoms in total. The summed E-state index contributed by atoms with van der Waals surface area (Å²) in [6.45, 7) is 8.26. The van der Waals surface area contributed by atoms with Crippen molar-refractivity contribution >= 4 is 28.3 Å². The van der Waals surface area contributed by atoms with E-state index in [0.717, 1.165) is 26.1 Å². The van der Waals surface area contributed by atoms with Crippen LogP contribution in [-0.2, 0) is 16.6 Å². The maximum absolute atomic E-state index is 12.5. The molecule has 0 bridgehead atoms. The number of nitrogens with zero attached hydrogens (tertiary/aromatic N) is 1. The lowest BCUT2D eigenvalue weighted by atomic mass is 10.2. The minimum absolute atomic E-state index is 0.206. The van der Waals surface area contributed by atoms with Crippen molar-refractivity contribution < 1.29 is 13.4 Å². The molecule has 30 heavy (non-hydrogen) atoms. The van der Waals surface area contributed by atoms with Crippen LogP contribution >= 0.6 is 11.6 Å². The first-order valence-electron chi connectivity index (χ1n) is 10.8. The molecule has 7 heteroatoms.